The van der Waals surface area contributed by atoms with Gasteiger partial charge >= 0.3 is 0 Å². The molecular formula is C13H18ClNO2. The summed E-state index contributed by atoms with van der Waals surface area (Å²) in [7, 11) is 1.69. The van der Waals surface area contributed by atoms with Gasteiger partial charge in [-0.3, -0.25) is 4.79 Å². The summed E-state index contributed by atoms with van der Waals surface area (Å²) in [6.45, 7) is 3.56. The molecule has 4 heteroatoms. The van der Waals surface area contributed by atoms with Crippen molar-refractivity contribution in [2.75, 3.05) is 13.7 Å². The first kappa shape index (κ1) is 14.0. The summed E-state index contributed by atoms with van der Waals surface area (Å²) in [5.41, 5.74) is 1.01. The number of aliphatic hydroxyl groups is 1. The Morgan fingerprint density at radius 1 is 1.35 bits per heavy atom. The number of nitrogens with zero attached hydrogens (tertiary/aromatic N) is 1. The maximum atomic E-state index is 12.1. The van der Waals surface area contributed by atoms with Crippen molar-refractivity contribution in [1.82, 2.24) is 4.90 Å². The fraction of sp³-hybridized carbons (Fsp3) is 0.462. The molecule has 1 N–H and O–H groups in total. The molecule has 0 atom stereocenters. The number of carbonyl (C=O) groups excluding carboxylic acids is 1. The topological polar surface area (TPSA) is 40.5 Å². The van der Waals surface area contributed by atoms with Crippen LogP contribution >= 0.6 is 11.6 Å². The van der Waals surface area contributed by atoms with Crippen LogP contribution in [0.5, 0.6) is 0 Å². The van der Waals surface area contributed by atoms with Gasteiger partial charge in [0.25, 0.3) is 5.91 Å². The molecule has 0 radical (unpaired) electrons. The second-order valence-electron chi connectivity index (χ2n) is 4.67. The lowest BCUT2D eigenvalue weighted by Crippen LogP contribution is -2.47. The van der Waals surface area contributed by atoms with Crippen LogP contribution in [0.1, 0.15) is 29.8 Å². The average Bonchev–Trinajstić information content (AvgIpc) is 2.37. The molecular weight excluding hydrogens is 238 g/mol. The van der Waals surface area contributed by atoms with Crippen LogP contribution in [0.3, 0.4) is 0 Å². The second-order valence-corrected chi connectivity index (χ2v) is 4.93. The highest BCUT2D eigenvalue weighted by Gasteiger charge is 2.27. The van der Waals surface area contributed by atoms with Crippen molar-refractivity contribution >= 4 is 17.5 Å². The first-order chi connectivity index (χ1) is 7.92. The Morgan fingerprint density at radius 3 is 2.29 bits per heavy atom. The summed E-state index contributed by atoms with van der Waals surface area (Å²) >= 11 is 5.69. The van der Waals surface area contributed by atoms with Gasteiger partial charge in [0.05, 0.1) is 12.1 Å². The van der Waals surface area contributed by atoms with Gasteiger partial charge in [-0.2, -0.15) is 0 Å². The molecule has 3 nitrogen and oxygen atoms in total. The van der Waals surface area contributed by atoms with E-state index in [0.29, 0.717) is 11.4 Å². The average molecular weight is 256 g/mol. The Kier molecular flexibility index (Phi) is 4.54. The lowest BCUT2D eigenvalue weighted by molar-refractivity contribution is 0.0473. The maximum Gasteiger partial charge on any atom is 0.254 e. The number of halogens is 1. The molecule has 1 aromatic rings. The van der Waals surface area contributed by atoms with E-state index >= 15 is 0 Å². The summed E-state index contributed by atoms with van der Waals surface area (Å²) in [4.78, 5) is 13.7. The highest BCUT2D eigenvalue weighted by Crippen LogP contribution is 2.16. The number of benzene rings is 1. The van der Waals surface area contributed by atoms with Crippen LogP contribution in [-0.4, -0.2) is 35.1 Å². The maximum absolute atomic E-state index is 12.1. The van der Waals surface area contributed by atoms with Crippen LogP contribution < -0.4 is 0 Å². The molecule has 1 amide bonds. The van der Waals surface area contributed by atoms with Crippen molar-refractivity contribution in [2.24, 2.45) is 0 Å². The summed E-state index contributed by atoms with van der Waals surface area (Å²) < 4.78 is 0. The third-order valence-electron chi connectivity index (χ3n) is 2.95. The highest BCUT2D eigenvalue weighted by molar-refractivity contribution is 6.17. The Balaban J connectivity index is 2.89. The lowest BCUT2D eigenvalue weighted by Gasteiger charge is -2.34. The molecule has 0 aliphatic heterocycles. The molecule has 0 fully saturated rings. The number of amides is 1. The van der Waals surface area contributed by atoms with E-state index in [2.05, 4.69) is 0 Å². The molecule has 0 saturated carbocycles. The largest absolute Gasteiger partial charge is 0.394 e. The lowest BCUT2D eigenvalue weighted by atomic mass is 10.0. The van der Waals surface area contributed by atoms with Gasteiger partial charge in [0, 0.05) is 18.5 Å². The predicted octanol–water partition coefficient (Wildman–Crippen LogP) is 2.27. The van der Waals surface area contributed by atoms with Crippen molar-refractivity contribution < 1.29 is 9.90 Å². The second kappa shape index (κ2) is 5.52. The van der Waals surface area contributed by atoms with Gasteiger partial charge in [0.1, 0.15) is 0 Å². The van der Waals surface area contributed by atoms with Crippen LogP contribution in [0, 0.1) is 0 Å². The van der Waals surface area contributed by atoms with E-state index in [1.54, 1.807) is 24.1 Å². The van der Waals surface area contributed by atoms with E-state index in [-0.39, 0.29) is 12.5 Å². The highest BCUT2D eigenvalue weighted by atomic mass is 35.5. The molecule has 0 aromatic heterocycles. The number of likely N-dealkylation sites (N-methyl/N-ethyl adjacent to an activating group) is 1. The SMILES string of the molecule is CN(C(=O)c1ccc(CCl)cc1)C(C)(C)CO. The Hall–Kier alpha value is -1.06. The molecule has 1 rings (SSSR count). The predicted molar refractivity (Wildman–Crippen MR) is 69.3 cm³/mol. The third-order valence-corrected chi connectivity index (χ3v) is 3.26. The minimum absolute atomic E-state index is 0.0744. The van der Waals surface area contributed by atoms with Crippen molar-refractivity contribution in [2.45, 2.75) is 25.3 Å². The number of hydrogen-bond donors (Lipinski definition) is 1. The van der Waals surface area contributed by atoms with Crippen LogP contribution in [0.25, 0.3) is 0 Å². The van der Waals surface area contributed by atoms with Crippen LogP contribution in [0.15, 0.2) is 24.3 Å². The van der Waals surface area contributed by atoms with Gasteiger partial charge in [-0.25, -0.2) is 0 Å². The van der Waals surface area contributed by atoms with Crippen LogP contribution in [0.4, 0.5) is 0 Å². The summed E-state index contributed by atoms with van der Waals surface area (Å²) in [5, 5.41) is 9.23. The van der Waals surface area contributed by atoms with Crippen molar-refractivity contribution in [3.63, 3.8) is 0 Å². The quantitative estimate of drug-likeness (QED) is 0.839. The van der Waals surface area contributed by atoms with Crippen molar-refractivity contribution in [3.05, 3.63) is 35.4 Å². The number of carbonyl (C=O) groups is 1. The van der Waals surface area contributed by atoms with E-state index < -0.39 is 5.54 Å². The molecule has 0 spiro atoms. The number of alkyl halides is 1. The van der Waals surface area contributed by atoms with Gasteiger partial charge < -0.3 is 10.0 Å². The molecule has 94 valence electrons. The normalized spacial score (nSPS) is 11.4. The van der Waals surface area contributed by atoms with E-state index in [0.717, 1.165) is 5.56 Å². The minimum Gasteiger partial charge on any atom is -0.394 e. The zero-order valence-corrected chi connectivity index (χ0v) is 11.2. The zero-order chi connectivity index (χ0) is 13.1. The smallest absolute Gasteiger partial charge is 0.254 e. The monoisotopic (exact) mass is 255 g/mol. The molecule has 0 saturated heterocycles. The van der Waals surface area contributed by atoms with Gasteiger partial charge in [-0.1, -0.05) is 12.1 Å². The standard InChI is InChI=1S/C13H18ClNO2/c1-13(2,9-16)15(3)12(17)11-6-4-10(8-14)5-7-11/h4-7,16H,8-9H2,1-3H3. The molecule has 0 bridgehead atoms. The summed E-state index contributed by atoms with van der Waals surface area (Å²) in [6, 6.07) is 7.17. The molecule has 0 aliphatic carbocycles. The van der Waals surface area contributed by atoms with Crippen molar-refractivity contribution in [1.29, 1.82) is 0 Å². The molecule has 1 aromatic carbocycles. The Bertz CT molecular complexity index is 387. The van der Waals surface area contributed by atoms with E-state index in [1.807, 2.05) is 26.0 Å². The summed E-state index contributed by atoms with van der Waals surface area (Å²) in [5.74, 6) is 0.331. The first-order valence-electron chi connectivity index (χ1n) is 5.46. The Labute approximate surface area is 107 Å². The fourth-order valence-electron chi connectivity index (χ4n) is 1.31. The minimum atomic E-state index is -0.567. The first-order valence-corrected chi connectivity index (χ1v) is 6.00. The van der Waals surface area contributed by atoms with E-state index in [1.165, 1.54) is 0 Å². The number of hydrogen-bond acceptors (Lipinski definition) is 2. The van der Waals surface area contributed by atoms with E-state index in [4.69, 9.17) is 11.6 Å². The number of aliphatic hydroxyl groups excluding tert-OH is 1. The van der Waals surface area contributed by atoms with Crippen LogP contribution in [0.2, 0.25) is 0 Å². The van der Waals surface area contributed by atoms with Crippen molar-refractivity contribution in [3.8, 4) is 0 Å². The Morgan fingerprint density at radius 2 is 1.88 bits per heavy atom. The van der Waals surface area contributed by atoms with E-state index in [9.17, 15) is 9.90 Å². The van der Waals surface area contributed by atoms with Gasteiger partial charge in [-0.05, 0) is 31.5 Å². The molecule has 0 heterocycles. The van der Waals surface area contributed by atoms with Gasteiger partial charge in [-0.15, -0.1) is 11.6 Å². The molecule has 0 unspecified atom stereocenters. The fourth-order valence-corrected chi connectivity index (χ4v) is 1.49. The summed E-state index contributed by atoms with van der Waals surface area (Å²) in [6.07, 6.45) is 0. The molecule has 17 heavy (non-hydrogen) atoms. The third kappa shape index (κ3) is 3.20. The van der Waals surface area contributed by atoms with Gasteiger partial charge in [0.15, 0.2) is 0 Å². The zero-order valence-electron chi connectivity index (χ0n) is 10.4. The van der Waals surface area contributed by atoms with Gasteiger partial charge in [0.2, 0.25) is 0 Å². The molecule has 0 aliphatic rings. The van der Waals surface area contributed by atoms with Crippen LogP contribution in [-0.2, 0) is 5.88 Å². The number of rotatable bonds is 4.